The summed E-state index contributed by atoms with van der Waals surface area (Å²) in [7, 11) is 0. The highest BCUT2D eigenvalue weighted by molar-refractivity contribution is 5.85. The number of unbranched alkanes of at least 4 members (excludes halogenated alkanes) is 8. The summed E-state index contributed by atoms with van der Waals surface area (Å²) < 4.78 is 0. The van der Waals surface area contributed by atoms with Crippen molar-refractivity contribution >= 4 is 5.97 Å². The van der Waals surface area contributed by atoms with Crippen molar-refractivity contribution in [1.82, 2.24) is 0 Å². The van der Waals surface area contributed by atoms with Crippen molar-refractivity contribution in [2.24, 2.45) is 5.92 Å². The van der Waals surface area contributed by atoms with Gasteiger partial charge in [0.1, 0.15) is 0 Å². The zero-order valence-electron chi connectivity index (χ0n) is 13.8. The maximum Gasteiger partial charge on any atom is 0.330 e. The maximum atomic E-state index is 10.7. The first-order valence-electron chi connectivity index (χ1n) is 8.48. The lowest BCUT2D eigenvalue weighted by Gasteiger charge is -2.08. The zero-order valence-corrected chi connectivity index (χ0v) is 13.8. The van der Waals surface area contributed by atoms with E-state index < -0.39 is 5.97 Å². The first-order chi connectivity index (χ1) is 9.57. The third-order valence-corrected chi connectivity index (χ3v) is 3.96. The summed E-state index contributed by atoms with van der Waals surface area (Å²) in [5.41, 5.74) is 0.476. The number of hydrogen-bond acceptors (Lipinski definition) is 1. The average molecular weight is 282 g/mol. The molecular weight excluding hydrogens is 248 g/mol. The molecule has 0 aromatic carbocycles. The molecule has 0 saturated heterocycles. The van der Waals surface area contributed by atoms with Crippen LogP contribution >= 0.6 is 0 Å². The van der Waals surface area contributed by atoms with E-state index in [4.69, 9.17) is 5.11 Å². The molecule has 2 nitrogen and oxygen atoms in total. The van der Waals surface area contributed by atoms with Gasteiger partial charge in [-0.05, 0) is 19.3 Å². The zero-order chi connectivity index (χ0) is 15.2. The van der Waals surface area contributed by atoms with Crippen LogP contribution in [-0.4, -0.2) is 11.1 Å². The predicted molar refractivity (Wildman–Crippen MR) is 87.0 cm³/mol. The van der Waals surface area contributed by atoms with E-state index in [1.54, 1.807) is 6.92 Å². The lowest BCUT2D eigenvalue weighted by Crippen LogP contribution is -1.98. The topological polar surface area (TPSA) is 37.3 Å². The molecule has 0 spiro atoms. The van der Waals surface area contributed by atoms with E-state index in [1.807, 2.05) is 6.08 Å². The third-order valence-electron chi connectivity index (χ3n) is 3.96. The molecule has 0 rings (SSSR count). The van der Waals surface area contributed by atoms with Crippen LogP contribution in [0.15, 0.2) is 11.6 Å². The lowest BCUT2D eigenvalue weighted by atomic mass is 9.98. The second kappa shape index (κ2) is 13.2. The molecule has 1 N–H and O–H groups in total. The second-order valence-electron chi connectivity index (χ2n) is 6.15. The van der Waals surface area contributed by atoms with Gasteiger partial charge in [-0.2, -0.15) is 0 Å². The molecule has 0 aromatic heterocycles. The normalized spacial score (nSPS) is 13.4. The average Bonchev–Trinajstić information content (AvgIpc) is 2.42. The highest BCUT2D eigenvalue weighted by Crippen LogP contribution is 2.16. The maximum absolute atomic E-state index is 10.7. The van der Waals surface area contributed by atoms with Gasteiger partial charge in [0.25, 0.3) is 0 Å². The first-order valence-corrected chi connectivity index (χ1v) is 8.48. The molecule has 20 heavy (non-hydrogen) atoms. The summed E-state index contributed by atoms with van der Waals surface area (Å²) in [6.45, 7) is 6.15. The van der Waals surface area contributed by atoms with Crippen LogP contribution in [0.2, 0.25) is 0 Å². The van der Waals surface area contributed by atoms with Crippen molar-refractivity contribution in [3.05, 3.63) is 11.6 Å². The Bertz CT molecular complexity index is 269. The Morgan fingerprint density at radius 3 is 2.00 bits per heavy atom. The minimum absolute atomic E-state index is 0.476. The van der Waals surface area contributed by atoms with Gasteiger partial charge in [-0.3, -0.25) is 0 Å². The highest BCUT2D eigenvalue weighted by atomic mass is 16.4. The van der Waals surface area contributed by atoms with E-state index in [2.05, 4.69) is 13.8 Å². The monoisotopic (exact) mass is 282 g/mol. The standard InChI is InChI=1S/C18H34O2/c1-4-5-6-7-8-9-10-11-12-13-16(2)14-15-17(3)18(19)20/h15-16H,4-14H2,1-3H3,(H,19,20). The Labute approximate surface area is 125 Å². The Morgan fingerprint density at radius 2 is 1.50 bits per heavy atom. The summed E-state index contributed by atoms with van der Waals surface area (Å²) >= 11 is 0. The van der Waals surface area contributed by atoms with Crippen LogP contribution in [0.25, 0.3) is 0 Å². The minimum Gasteiger partial charge on any atom is -0.478 e. The quantitative estimate of drug-likeness (QED) is 0.334. The van der Waals surface area contributed by atoms with E-state index in [0.29, 0.717) is 11.5 Å². The van der Waals surface area contributed by atoms with E-state index in [1.165, 1.54) is 64.2 Å². The number of rotatable bonds is 13. The molecule has 0 aliphatic heterocycles. The van der Waals surface area contributed by atoms with Crippen molar-refractivity contribution < 1.29 is 9.90 Å². The number of carbonyl (C=O) groups is 1. The Kier molecular flexibility index (Phi) is 12.7. The van der Waals surface area contributed by atoms with Crippen LogP contribution in [0.3, 0.4) is 0 Å². The van der Waals surface area contributed by atoms with Crippen LogP contribution in [0, 0.1) is 5.92 Å². The van der Waals surface area contributed by atoms with Crippen molar-refractivity contribution in [1.29, 1.82) is 0 Å². The molecule has 0 heterocycles. The molecule has 0 saturated carbocycles. The van der Waals surface area contributed by atoms with Crippen molar-refractivity contribution in [2.45, 2.75) is 91.4 Å². The molecule has 0 aromatic rings. The third kappa shape index (κ3) is 12.3. The number of carboxylic acid groups (broad SMARTS) is 1. The Hall–Kier alpha value is -0.790. The molecule has 0 bridgehead atoms. The predicted octanol–water partition coefficient (Wildman–Crippen LogP) is 5.96. The van der Waals surface area contributed by atoms with Gasteiger partial charge >= 0.3 is 5.97 Å². The summed E-state index contributed by atoms with van der Waals surface area (Å²) in [6.07, 6.45) is 16.3. The molecule has 1 atom stereocenters. The molecule has 0 radical (unpaired) electrons. The largest absolute Gasteiger partial charge is 0.478 e. The van der Waals surface area contributed by atoms with Crippen molar-refractivity contribution in [3.63, 3.8) is 0 Å². The Balaban J connectivity index is 3.38. The lowest BCUT2D eigenvalue weighted by molar-refractivity contribution is -0.132. The number of hydrogen-bond donors (Lipinski definition) is 1. The SMILES string of the molecule is CCCCCCCCCCCC(C)CC=C(C)C(=O)O. The van der Waals surface area contributed by atoms with Crippen molar-refractivity contribution in [3.8, 4) is 0 Å². The van der Waals surface area contributed by atoms with Crippen molar-refractivity contribution in [2.75, 3.05) is 0 Å². The van der Waals surface area contributed by atoms with E-state index in [-0.39, 0.29) is 0 Å². The van der Waals surface area contributed by atoms with E-state index in [9.17, 15) is 4.79 Å². The number of allylic oxidation sites excluding steroid dienone is 1. The Morgan fingerprint density at radius 1 is 1.00 bits per heavy atom. The second-order valence-corrected chi connectivity index (χ2v) is 6.15. The molecule has 1 unspecified atom stereocenters. The molecule has 0 amide bonds. The van der Waals surface area contributed by atoms with E-state index in [0.717, 1.165) is 6.42 Å². The highest BCUT2D eigenvalue weighted by Gasteiger charge is 2.03. The fourth-order valence-corrected chi connectivity index (χ4v) is 2.39. The number of carboxylic acids is 1. The van der Waals surface area contributed by atoms with Crippen LogP contribution in [-0.2, 0) is 4.79 Å². The molecule has 2 heteroatoms. The van der Waals surface area contributed by atoms with E-state index >= 15 is 0 Å². The molecule has 118 valence electrons. The summed E-state index contributed by atoms with van der Waals surface area (Å²) in [6, 6.07) is 0. The van der Waals surface area contributed by atoms with Crippen LogP contribution in [0.1, 0.15) is 91.4 Å². The van der Waals surface area contributed by atoms with Gasteiger partial charge in [0.2, 0.25) is 0 Å². The fourth-order valence-electron chi connectivity index (χ4n) is 2.39. The van der Waals surface area contributed by atoms with Gasteiger partial charge in [-0.1, -0.05) is 84.1 Å². The van der Waals surface area contributed by atoms with Crippen LogP contribution in [0.5, 0.6) is 0 Å². The first kappa shape index (κ1) is 19.2. The van der Waals surface area contributed by atoms with Gasteiger partial charge in [0.05, 0.1) is 0 Å². The molecule has 0 fully saturated rings. The fraction of sp³-hybridized carbons (Fsp3) is 0.833. The minimum atomic E-state index is -0.791. The van der Waals surface area contributed by atoms with Crippen LogP contribution in [0.4, 0.5) is 0 Å². The van der Waals surface area contributed by atoms with Gasteiger partial charge < -0.3 is 5.11 Å². The van der Waals surface area contributed by atoms with Gasteiger partial charge in [0.15, 0.2) is 0 Å². The summed E-state index contributed by atoms with van der Waals surface area (Å²) in [5.74, 6) is -0.186. The summed E-state index contributed by atoms with van der Waals surface area (Å²) in [5, 5.41) is 8.78. The van der Waals surface area contributed by atoms with Gasteiger partial charge in [-0.25, -0.2) is 4.79 Å². The molecular formula is C18H34O2. The van der Waals surface area contributed by atoms with Crippen LogP contribution < -0.4 is 0 Å². The smallest absolute Gasteiger partial charge is 0.330 e. The number of aliphatic carboxylic acids is 1. The molecule has 0 aliphatic carbocycles. The van der Waals surface area contributed by atoms with Gasteiger partial charge in [0, 0.05) is 5.57 Å². The molecule has 0 aliphatic rings. The van der Waals surface area contributed by atoms with Gasteiger partial charge in [-0.15, -0.1) is 0 Å². The summed E-state index contributed by atoms with van der Waals surface area (Å²) in [4.78, 5) is 10.7.